The Morgan fingerprint density at radius 3 is 2.61 bits per heavy atom. The van der Waals surface area contributed by atoms with Crippen LogP contribution < -0.4 is 11.0 Å². The third-order valence-corrected chi connectivity index (χ3v) is 4.32. The lowest BCUT2D eigenvalue weighted by Crippen LogP contribution is -2.33. The molecule has 146 valence electrons. The quantitative estimate of drug-likeness (QED) is 0.547. The van der Waals surface area contributed by atoms with Crippen LogP contribution in [-0.4, -0.2) is 28.9 Å². The van der Waals surface area contributed by atoms with Crippen molar-refractivity contribution in [2.45, 2.75) is 20.1 Å². The molecule has 0 saturated heterocycles. The predicted octanol–water partition coefficient (Wildman–Crippen LogP) is 2.34. The van der Waals surface area contributed by atoms with Crippen LogP contribution in [-0.2, 0) is 22.7 Å². The SMILES string of the molecule is COCc1cc(C)n(CC(=O)N/N=C\c2cc(Cl)c(O)c(Cl)c2)c(=O)c1C#N. The van der Waals surface area contributed by atoms with Crippen molar-refractivity contribution >= 4 is 35.3 Å². The van der Waals surface area contributed by atoms with Crippen molar-refractivity contribution in [3.63, 3.8) is 0 Å². The first-order valence-corrected chi connectivity index (χ1v) is 8.66. The maximum atomic E-state index is 12.5. The summed E-state index contributed by atoms with van der Waals surface area (Å²) in [6.07, 6.45) is 1.28. The van der Waals surface area contributed by atoms with Crippen molar-refractivity contribution in [2.24, 2.45) is 5.10 Å². The number of halogens is 2. The number of aromatic hydroxyl groups is 1. The zero-order valence-electron chi connectivity index (χ0n) is 15.0. The number of nitriles is 1. The van der Waals surface area contributed by atoms with Crippen molar-refractivity contribution in [1.82, 2.24) is 9.99 Å². The van der Waals surface area contributed by atoms with Crippen LogP contribution in [0.2, 0.25) is 10.0 Å². The number of phenolic OH excluding ortho intramolecular Hbond substituents is 1. The first kappa shape index (κ1) is 21.4. The highest BCUT2D eigenvalue weighted by molar-refractivity contribution is 6.37. The molecule has 0 bridgehead atoms. The third-order valence-electron chi connectivity index (χ3n) is 3.74. The van der Waals surface area contributed by atoms with Crippen LogP contribution in [0.15, 0.2) is 28.1 Å². The van der Waals surface area contributed by atoms with Crippen LogP contribution in [0.3, 0.4) is 0 Å². The Bertz CT molecular complexity index is 1020. The topological polar surface area (TPSA) is 117 Å². The summed E-state index contributed by atoms with van der Waals surface area (Å²) in [4.78, 5) is 24.6. The number of methoxy groups -OCH3 is 1. The highest BCUT2D eigenvalue weighted by Gasteiger charge is 2.14. The second kappa shape index (κ2) is 9.37. The summed E-state index contributed by atoms with van der Waals surface area (Å²) in [5, 5.41) is 22.6. The summed E-state index contributed by atoms with van der Waals surface area (Å²) in [6, 6.07) is 6.31. The van der Waals surface area contributed by atoms with E-state index in [-0.39, 0.29) is 34.5 Å². The molecular formula is C18H16Cl2N4O4. The van der Waals surface area contributed by atoms with E-state index >= 15 is 0 Å². The number of phenols is 1. The number of hydrogen-bond donors (Lipinski definition) is 2. The predicted molar refractivity (Wildman–Crippen MR) is 105 cm³/mol. The van der Waals surface area contributed by atoms with Gasteiger partial charge in [0, 0.05) is 18.4 Å². The number of carbonyl (C=O) groups excluding carboxylic acids is 1. The number of ether oxygens (including phenoxy) is 1. The minimum Gasteiger partial charge on any atom is -0.505 e. The van der Waals surface area contributed by atoms with Gasteiger partial charge in [-0.2, -0.15) is 10.4 Å². The number of amides is 1. The fourth-order valence-electron chi connectivity index (χ4n) is 2.44. The molecular weight excluding hydrogens is 407 g/mol. The molecule has 0 fully saturated rings. The number of pyridine rings is 1. The number of carbonyl (C=O) groups is 1. The maximum Gasteiger partial charge on any atom is 0.269 e. The number of hydrogen-bond acceptors (Lipinski definition) is 6. The van der Waals surface area contributed by atoms with Gasteiger partial charge in [0.05, 0.1) is 22.9 Å². The zero-order chi connectivity index (χ0) is 20.8. The van der Waals surface area contributed by atoms with E-state index in [1.165, 1.54) is 30.0 Å². The summed E-state index contributed by atoms with van der Waals surface area (Å²) >= 11 is 11.6. The highest BCUT2D eigenvalue weighted by Crippen LogP contribution is 2.32. The molecule has 1 aromatic carbocycles. The summed E-state index contributed by atoms with van der Waals surface area (Å²) in [5.74, 6) is -0.814. The number of aromatic nitrogens is 1. The molecule has 2 rings (SSSR count). The number of aryl methyl sites for hydroxylation is 1. The maximum absolute atomic E-state index is 12.5. The average molecular weight is 423 g/mol. The standard InChI is InChI=1S/C18H16Cl2N4O4/c1-10-3-12(9-28-2)13(6-21)18(27)24(10)8-16(25)23-22-7-11-4-14(19)17(26)15(20)5-11/h3-5,7,26H,8-9H2,1-2H3,(H,23,25)/b22-7-. The van der Waals surface area contributed by atoms with Gasteiger partial charge in [-0.3, -0.25) is 9.59 Å². The molecule has 2 N–H and O–H groups in total. The van der Waals surface area contributed by atoms with Gasteiger partial charge < -0.3 is 14.4 Å². The Kier molecular flexibility index (Phi) is 7.18. The van der Waals surface area contributed by atoms with E-state index in [4.69, 9.17) is 27.9 Å². The molecule has 1 amide bonds. The van der Waals surface area contributed by atoms with E-state index in [2.05, 4.69) is 10.5 Å². The Labute approximate surface area is 170 Å². The molecule has 0 spiro atoms. The van der Waals surface area contributed by atoms with E-state index in [1.807, 2.05) is 6.07 Å². The van der Waals surface area contributed by atoms with Crippen LogP contribution in [0.4, 0.5) is 0 Å². The molecule has 0 aliphatic rings. The molecule has 0 unspecified atom stereocenters. The molecule has 0 radical (unpaired) electrons. The lowest BCUT2D eigenvalue weighted by Gasteiger charge is -2.12. The molecule has 2 aromatic rings. The van der Waals surface area contributed by atoms with Gasteiger partial charge in [0.15, 0.2) is 5.75 Å². The minimum absolute atomic E-state index is 0.0441. The summed E-state index contributed by atoms with van der Waals surface area (Å²) < 4.78 is 6.17. The Hall–Kier alpha value is -2.86. The number of rotatable bonds is 6. The van der Waals surface area contributed by atoms with Crippen molar-refractivity contribution in [3.8, 4) is 11.8 Å². The monoisotopic (exact) mass is 422 g/mol. The number of hydrazone groups is 1. The largest absolute Gasteiger partial charge is 0.505 e. The van der Waals surface area contributed by atoms with E-state index in [0.717, 1.165) is 0 Å². The van der Waals surface area contributed by atoms with Gasteiger partial charge in [0.2, 0.25) is 0 Å². The summed E-state index contributed by atoms with van der Waals surface area (Å²) in [5.41, 5.74) is 3.05. The normalized spacial score (nSPS) is 10.8. The summed E-state index contributed by atoms with van der Waals surface area (Å²) in [7, 11) is 1.46. The van der Waals surface area contributed by atoms with Crippen LogP contribution in [0.1, 0.15) is 22.4 Å². The fourth-order valence-corrected chi connectivity index (χ4v) is 2.94. The second-order valence-electron chi connectivity index (χ2n) is 5.75. The Morgan fingerprint density at radius 2 is 2.04 bits per heavy atom. The molecule has 28 heavy (non-hydrogen) atoms. The van der Waals surface area contributed by atoms with E-state index < -0.39 is 11.5 Å². The van der Waals surface area contributed by atoms with Crippen molar-refractivity contribution < 1.29 is 14.6 Å². The van der Waals surface area contributed by atoms with Crippen molar-refractivity contribution in [3.05, 3.63) is 61.0 Å². The number of benzene rings is 1. The van der Waals surface area contributed by atoms with Gasteiger partial charge in [-0.1, -0.05) is 23.2 Å². The van der Waals surface area contributed by atoms with Crippen LogP contribution in [0, 0.1) is 18.3 Å². The van der Waals surface area contributed by atoms with Gasteiger partial charge >= 0.3 is 0 Å². The fraction of sp³-hybridized carbons (Fsp3) is 0.222. The molecule has 1 heterocycles. The molecule has 1 aromatic heterocycles. The molecule has 0 aliphatic carbocycles. The summed E-state index contributed by atoms with van der Waals surface area (Å²) in [6.45, 7) is 1.45. The van der Waals surface area contributed by atoms with E-state index in [9.17, 15) is 20.0 Å². The molecule has 0 aliphatic heterocycles. The van der Waals surface area contributed by atoms with Gasteiger partial charge in [0.1, 0.15) is 18.2 Å². The number of nitrogens with one attached hydrogen (secondary N) is 1. The smallest absolute Gasteiger partial charge is 0.269 e. The van der Waals surface area contributed by atoms with Crippen molar-refractivity contribution in [1.29, 1.82) is 5.26 Å². The third kappa shape index (κ3) is 4.89. The lowest BCUT2D eigenvalue weighted by atomic mass is 10.1. The van der Waals surface area contributed by atoms with Crippen molar-refractivity contribution in [2.75, 3.05) is 7.11 Å². The zero-order valence-corrected chi connectivity index (χ0v) is 16.5. The van der Waals surface area contributed by atoms with E-state index in [0.29, 0.717) is 16.8 Å². The number of nitrogens with zero attached hydrogens (tertiary/aromatic N) is 3. The van der Waals surface area contributed by atoms with Crippen LogP contribution in [0.5, 0.6) is 5.75 Å². The van der Waals surface area contributed by atoms with E-state index in [1.54, 1.807) is 13.0 Å². The molecule has 0 atom stereocenters. The van der Waals surface area contributed by atoms with Gasteiger partial charge in [-0.25, -0.2) is 5.43 Å². The minimum atomic E-state index is -0.578. The van der Waals surface area contributed by atoms with Crippen LogP contribution in [0.25, 0.3) is 0 Å². The highest BCUT2D eigenvalue weighted by atomic mass is 35.5. The van der Waals surface area contributed by atoms with Gasteiger partial charge in [-0.05, 0) is 30.7 Å². The van der Waals surface area contributed by atoms with Crippen LogP contribution >= 0.6 is 23.2 Å². The Morgan fingerprint density at radius 1 is 1.39 bits per heavy atom. The first-order chi connectivity index (χ1) is 13.3. The molecule has 8 nitrogen and oxygen atoms in total. The van der Waals surface area contributed by atoms with Gasteiger partial charge in [0.25, 0.3) is 11.5 Å². The van der Waals surface area contributed by atoms with Gasteiger partial charge in [-0.15, -0.1) is 0 Å². The average Bonchev–Trinajstić information content (AvgIpc) is 2.63. The molecule has 0 saturated carbocycles. The second-order valence-corrected chi connectivity index (χ2v) is 6.56. The Balaban J connectivity index is 2.16. The molecule has 10 heteroatoms. The lowest BCUT2D eigenvalue weighted by molar-refractivity contribution is -0.121. The first-order valence-electron chi connectivity index (χ1n) is 7.90.